The van der Waals surface area contributed by atoms with Crippen molar-refractivity contribution in [1.82, 2.24) is 0 Å². The van der Waals surface area contributed by atoms with Crippen molar-refractivity contribution in [3.8, 4) is 0 Å². The summed E-state index contributed by atoms with van der Waals surface area (Å²) >= 11 is 0. The van der Waals surface area contributed by atoms with Crippen LogP contribution in [0.5, 0.6) is 0 Å². The minimum Gasteiger partial charge on any atom is -0.478 e. The van der Waals surface area contributed by atoms with Gasteiger partial charge >= 0.3 is 11.9 Å². The first kappa shape index (κ1) is 22.9. The van der Waals surface area contributed by atoms with E-state index in [4.69, 9.17) is 18.9 Å². The van der Waals surface area contributed by atoms with E-state index in [1.807, 2.05) is 0 Å². The standard InChI is InChI=1S/C20H24O12/c1-7(22)9-4-20(32-17(9)28)3-2-8-10(16(26)27)6-29-18(12(8)20)31-19-15(25)14(24)13(23)11(5-21)30-19/h2-4,6-8,11-15,18-19,21-25H,5H2,1H3,(H,26,27)/t7-,8+,11+,12+,13+,14-,15+,18-,19?,20+/m0/s1. The molecule has 3 heterocycles. The van der Waals surface area contributed by atoms with Gasteiger partial charge in [-0.1, -0.05) is 6.08 Å². The lowest BCUT2D eigenvalue weighted by Crippen LogP contribution is -2.60. The van der Waals surface area contributed by atoms with Gasteiger partial charge in [0.15, 0.2) is 11.9 Å². The fraction of sp³-hybridized carbons (Fsp3) is 0.600. The zero-order valence-corrected chi connectivity index (χ0v) is 16.8. The molecule has 0 amide bonds. The molecule has 12 nitrogen and oxygen atoms in total. The van der Waals surface area contributed by atoms with Crippen LogP contribution in [0.15, 0.2) is 35.6 Å². The minimum atomic E-state index is -1.72. The van der Waals surface area contributed by atoms with E-state index < -0.39 is 79.1 Å². The normalized spacial score (nSPS) is 43.9. The summed E-state index contributed by atoms with van der Waals surface area (Å²) in [5, 5.41) is 59.1. The molecule has 0 aromatic heterocycles. The van der Waals surface area contributed by atoms with Gasteiger partial charge in [0.1, 0.15) is 24.4 Å². The second-order valence-corrected chi connectivity index (χ2v) is 8.15. The molecule has 1 saturated heterocycles. The van der Waals surface area contributed by atoms with Crippen LogP contribution in [0, 0.1) is 11.8 Å². The molecule has 12 heteroatoms. The maximum absolute atomic E-state index is 12.3. The number of rotatable bonds is 5. The molecule has 32 heavy (non-hydrogen) atoms. The van der Waals surface area contributed by atoms with Crippen molar-refractivity contribution in [2.75, 3.05) is 6.61 Å². The number of carbonyl (C=O) groups is 2. The van der Waals surface area contributed by atoms with Gasteiger partial charge in [-0.25, -0.2) is 9.59 Å². The molecule has 0 saturated carbocycles. The molecule has 4 aliphatic rings. The van der Waals surface area contributed by atoms with Crippen LogP contribution >= 0.6 is 0 Å². The van der Waals surface area contributed by atoms with Gasteiger partial charge in [-0.2, -0.15) is 0 Å². The average molecular weight is 456 g/mol. The van der Waals surface area contributed by atoms with Crippen LogP contribution in [0.25, 0.3) is 0 Å². The van der Waals surface area contributed by atoms with Gasteiger partial charge < -0.3 is 49.6 Å². The highest BCUT2D eigenvalue weighted by molar-refractivity contribution is 5.93. The van der Waals surface area contributed by atoms with Crippen LogP contribution in [0.3, 0.4) is 0 Å². The molecular formula is C20H24O12. The van der Waals surface area contributed by atoms with Gasteiger partial charge in [-0.15, -0.1) is 0 Å². The lowest BCUT2D eigenvalue weighted by atomic mass is 9.78. The zero-order chi connectivity index (χ0) is 23.4. The van der Waals surface area contributed by atoms with Crippen molar-refractivity contribution in [1.29, 1.82) is 0 Å². The molecule has 1 spiro atoms. The fourth-order valence-corrected chi connectivity index (χ4v) is 4.46. The van der Waals surface area contributed by atoms with Crippen molar-refractivity contribution in [2.24, 2.45) is 11.8 Å². The third kappa shape index (κ3) is 3.53. The van der Waals surface area contributed by atoms with Crippen molar-refractivity contribution in [3.63, 3.8) is 0 Å². The molecule has 1 unspecified atom stereocenters. The number of carbonyl (C=O) groups excluding carboxylic acids is 1. The van der Waals surface area contributed by atoms with Crippen LogP contribution in [-0.4, -0.2) is 97.9 Å². The fourth-order valence-electron chi connectivity index (χ4n) is 4.46. The molecule has 1 aliphatic carbocycles. The first-order valence-electron chi connectivity index (χ1n) is 9.98. The van der Waals surface area contributed by atoms with Crippen molar-refractivity contribution >= 4 is 11.9 Å². The van der Waals surface area contributed by atoms with Gasteiger partial charge in [0.2, 0.25) is 6.29 Å². The predicted molar refractivity (Wildman–Crippen MR) is 100 cm³/mol. The van der Waals surface area contributed by atoms with E-state index in [2.05, 4.69) is 0 Å². The summed E-state index contributed by atoms with van der Waals surface area (Å²) in [6.45, 7) is 0.708. The number of aliphatic hydroxyl groups is 5. The smallest absolute Gasteiger partial charge is 0.337 e. The van der Waals surface area contributed by atoms with Gasteiger partial charge in [0.25, 0.3) is 0 Å². The molecule has 6 N–H and O–H groups in total. The summed E-state index contributed by atoms with van der Waals surface area (Å²) in [5.74, 6) is -3.86. The molecule has 0 aromatic carbocycles. The van der Waals surface area contributed by atoms with E-state index in [0.29, 0.717) is 0 Å². The summed E-state index contributed by atoms with van der Waals surface area (Å²) in [7, 11) is 0. The number of hydrogen-bond donors (Lipinski definition) is 6. The number of ether oxygens (including phenoxy) is 4. The highest BCUT2D eigenvalue weighted by Crippen LogP contribution is 2.50. The number of fused-ring (bicyclic) bond motifs is 2. The van der Waals surface area contributed by atoms with E-state index in [-0.39, 0.29) is 11.1 Å². The quantitative estimate of drug-likeness (QED) is 0.189. The zero-order valence-electron chi connectivity index (χ0n) is 16.8. The molecule has 10 atom stereocenters. The van der Waals surface area contributed by atoms with E-state index >= 15 is 0 Å². The number of carboxylic acid groups (broad SMARTS) is 1. The van der Waals surface area contributed by atoms with Crippen LogP contribution in [0.1, 0.15) is 6.92 Å². The molecule has 4 rings (SSSR count). The van der Waals surface area contributed by atoms with Crippen molar-refractivity contribution in [2.45, 2.75) is 55.6 Å². The lowest BCUT2D eigenvalue weighted by molar-refractivity contribution is -0.344. The number of aliphatic carboxylic acids is 1. The van der Waals surface area contributed by atoms with Gasteiger partial charge in [-0.05, 0) is 19.1 Å². The summed E-state index contributed by atoms with van der Waals surface area (Å²) < 4.78 is 22.1. The Labute approximate surface area is 181 Å². The van der Waals surface area contributed by atoms with Crippen molar-refractivity contribution < 1.29 is 59.2 Å². The Morgan fingerprint density at radius 2 is 1.94 bits per heavy atom. The lowest BCUT2D eigenvalue weighted by Gasteiger charge is -2.44. The number of esters is 1. The summed E-state index contributed by atoms with van der Waals surface area (Å²) in [5.41, 5.74) is -1.65. The van der Waals surface area contributed by atoms with Crippen LogP contribution < -0.4 is 0 Å². The van der Waals surface area contributed by atoms with Gasteiger partial charge in [-0.3, -0.25) is 0 Å². The van der Waals surface area contributed by atoms with Crippen LogP contribution in [0.2, 0.25) is 0 Å². The van der Waals surface area contributed by atoms with E-state index in [1.165, 1.54) is 25.2 Å². The highest BCUT2D eigenvalue weighted by Gasteiger charge is 2.59. The summed E-state index contributed by atoms with van der Waals surface area (Å²) in [4.78, 5) is 24.0. The Balaban J connectivity index is 1.67. The number of aliphatic hydroxyl groups excluding tert-OH is 5. The SMILES string of the molecule is C[C@H](O)C1=C[C@@]2(C=C[C@@H]3C(C(=O)O)=CO[C@@H](OC4O[C@H](CO)[C@@H](O)[C@H](O)[C@H]4O)[C@@H]32)OC1=O. The Morgan fingerprint density at radius 3 is 2.53 bits per heavy atom. The molecule has 176 valence electrons. The number of allylic oxidation sites excluding steroid dienone is 1. The molecule has 0 bridgehead atoms. The predicted octanol–water partition coefficient (Wildman–Crippen LogP) is -2.47. The largest absolute Gasteiger partial charge is 0.478 e. The topological polar surface area (TPSA) is 192 Å². The van der Waals surface area contributed by atoms with Gasteiger partial charge in [0, 0.05) is 5.92 Å². The summed E-state index contributed by atoms with van der Waals surface area (Å²) in [6, 6.07) is 0. The Kier molecular flexibility index (Phi) is 5.88. The molecular weight excluding hydrogens is 432 g/mol. The Hall–Kier alpha value is -2.32. The number of hydrogen-bond acceptors (Lipinski definition) is 11. The molecule has 0 aromatic rings. The maximum atomic E-state index is 12.3. The average Bonchev–Trinajstić information content (AvgIpc) is 3.28. The third-order valence-corrected chi connectivity index (χ3v) is 6.15. The number of carboxylic acids is 1. The molecule has 1 fully saturated rings. The third-order valence-electron chi connectivity index (χ3n) is 6.15. The van der Waals surface area contributed by atoms with Crippen LogP contribution in [-0.2, 0) is 28.5 Å². The monoisotopic (exact) mass is 456 g/mol. The first-order chi connectivity index (χ1) is 15.1. The maximum Gasteiger partial charge on any atom is 0.337 e. The minimum absolute atomic E-state index is 0.0201. The van der Waals surface area contributed by atoms with Crippen molar-refractivity contribution in [3.05, 3.63) is 35.6 Å². The van der Waals surface area contributed by atoms with E-state index in [9.17, 15) is 40.2 Å². The molecule has 3 aliphatic heterocycles. The molecule has 0 radical (unpaired) electrons. The Morgan fingerprint density at radius 1 is 1.22 bits per heavy atom. The van der Waals surface area contributed by atoms with E-state index in [1.54, 1.807) is 0 Å². The van der Waals surface area contributed by atoms with Gasteiger partial charge in [0.05, 0.1) is 36.0 Å². The Bertz CT molecular complexity index is 876. The second kappa shape index (κ2) is 8.23. The highest BCUT2D eigenvalue weighted by atomic mass is 16.8. The first-order valence-corrected chi connectivity index (χ1v) is 9.98. The summed E-state index contributed by atoms with van der Waals surface area (Å²) in [6.07, 6.45) is -4.95. The second-order valence-electron chi connectivity index (χ2n) is 8.15. The van der Waals surface area contributed by atoms with Crippen LogP contribution in [0.4, 0.5) is 0 Å². The van der Waals surface area contributed by atoms with E-state index in [0.717, 1.165) is 6.26 Å².